The zero-order valence-corrected chi connectivity index (χ0v) is 17.3. The van der Waals surface area contributed by atoms with E-state index in [2.05, 4.69) is 0 Å². The molecule has 2 heterocycles. The average Bonchev–Trinajstić information content (AvgIpc) is 2.78. The van der Waals surface area contributed by atoms with Crippen molar-refractivity contribution in [3.05, 3.63) is 39.7 Å². The monoisotopic (exact) mass is 414 g/mol. The Morgan fingerprint density at radius 1 is 1.03 bits per heavy atom. The molecule has 1 aromatic carbocycles. The maximum absolute atomic E-state index is 12.8. The van der Waals surface area contributed by atoms with Gasteiger partial charge in [0.25, 0.3) is 5.91 Å². The Kier molecular flexibility index (Phi) is 5.65. The summed E-state index contributed by atoms with van der Waals surface area (Å²) in [5.41, 5.74) is 2.08. The molecule has 2 aromatic rings. The number of fused-ring (bicyclic) bond motifs is 3. The van der Waals surface area contributed by atoms with Crippen molar-refractivity contribution >= 4 is 23.0 Å². The van der Waals surface area contributed by atoms with Crippen LogP contribution in [-0.4, -0.2) is 61.2 Å². The van der Waals surface area contributed by atoms with Crippen LogP contribution in [0.5, 0.6) is 5.75 Å². The second-order valence-electron chi connectivity index (χ2n) is 7.75. The number of hydrogen-bond acceptors (Lipinski definition) is 6. The predicted octanol–water partition coefficient (Wildman–Crippen LogP) is 2.35. The minimum Gasteiger partial charge on any atom is -0.481 e. The van der Waals surface area contributed by atoms with Crippen molar-refractivity contribution in [3.8, 4) is 5.75 Å². The number of hydrogen-bond donors (Lipinski definition) is 0. The number of carbonyl (C=O) groups is 2. The number of carbonyl (C=O) groups excluding carboxylic acids is 2. The molecule has 8 nitrogen and oxygen atoms in total. The summed E-state index contributed by atoms with van der Waals surface area (Å²) >= 11 is 0. The fourth-order valence-electron chi connectivity index (χ4n) is 4.25. The van der Waals surface area contributed by atoms with Crippen LogP contribution < -0.4 is 10.4 Å². The van der Waals surface area contributed by atoms with E-state index in [9.17, 15) is 14.4 Å². The Morgan fingerprint density at radius 3 is 2.40 bits per heavy atom. The second kappa shape index (κ2) is 8.38. The number of methoxy groups -OCH3 is 1. The van der Waals surface area contributed by atoms with E-state index in [1.807, 2.05) is 12.1 Å². The summed E-state index contributed by atoms with van der Waals surface area (Å²) in [5.74, 6) is 0.335. The van der Waals surface area contributed by atoms with Crippen molar-refractivity contribution in [1.82, 2.24) is 9.80 Å². The van der Waals surface area contributed by atoms with Gasteiger partial charge in [0.15, 0.2) is 6.10 Å². The van der Waals surface area contributed by atoms with E-state index in [4.69, 9.17) is 13.9 Å². The number of amides is 2. The number of aryl methyl sites for hydroxylation is 1. The van der Waals surface area contributed by atoms with Crippen LogP contribution in [0.1, 0.15) is 30.9 Å². The van der Waals surface area contributed by atoms with E-state index in [-0.39, 0.29) is 17.6 Å². The van der Waals surface area contributed by atoms with Gasteiger partial charge in [0.2, 0.25) is 0 Å². The third-order valence-corrected chi connectivity index (χ3v) is 5.88. The Balaban J connectivity index is 1.45. The molecule has 1 fully saturated rings. The van der Waals surface area contributed by atoms with Crippen LogP contribution in [0.3, 0.4) is 0 Å². The Morgan fingerprint density at radius 2 is 1.70 bits per heavy atom. The van der Waals surface area contributed by atoms with Crippen LogP contribution in [0.2, 0.25) is 0 Å². The summed E-state index contributed by atoms with van der Waals surface area (Å²) in [6, 6.07) is 5.41. The van der Waals surface area contributed by atoms with Gasteiger partial charge >= 0.3 is 11.7 Å². The summed E-state index contributed by atoms with van der Waals surface area (Å²) < 4.78 is 16.1. The van der Waals surface area contributed by atoms with Crippen LogP contribution in [-0.2, 0) is 22.4 Å². The summed E-state index contributed by atoms with van der Waals surface area (Å²) in [6.07, 6.45) is 2.64. The van der Waals surface area contributed by atoms with Gasteiger partial charge in [-0.15, -0.1) is 0 Å². The molecule has 0 spiro atoms. The van der Waals surface area contributed by atoms with Crippen LogP contribution in [0, 0.1) is 0 Å². The molecule has 1 aliphatic carbocycles. The predicted molar refractivity (Wildman–Crippen MR) is 110 cm³/mol. The summed E-state index contributed by atoms with van der Waals surface area (Å²) in [5, 5.41) is 0.939. The number of piperazine rings is 1. The van der Waals surface area contributed by atoms with Gasteiger partial charge < -0.3 is 23.7 Å². The molecule has 8 heteroatoms. The van der Waals surface area contributed by atoms with E-state index in [1.54, 1.807) is 22.8 Å². The third-order valence-electron chi connectivity index (χ3n) is 5.88. The molecular formula is C22H26N2O6. The molecule has 160 valence electrons. The molecule has 2 aliphatic rings. The van der Waals surface area contributed by atoms with E-state index in [0.29, 0.717) is 37.5 Å². The van der Waals surface area contributed by atoms with Crippen molar-refractivity contribution in [2.75, 3.05) is 33.3 Å². The molecule has 1 aromatic heterocycles. The minimum absolute atomic E-state index is 0.147. The van der Waals surface area contributed by atoms with Crippen LogP contribution in [0.25, 0.3) is 11.0 Å². The molecule has 0 saturated carbocycles. The van der Waals surface area contributed by atoms with E-state index in [0.717, 1.165) is 42.2 Å². The molecule has 30 heavy (non-hydrogen) atoms. The highest BCUT2D eigenvalue weighted by atomic mass is 16.5. The fraction of sp³-hybridized carbons (Fsp3) is 0.500. The molecule has 1 saturated heterocycles. The lowest BCUT2D eigenvalue weighted by Gasteiger charge is -2.35. The smallest absolute Gasteiger partial charge is 0.409 e. The average molecular weight is 414 g/mol. The van der Waals surface area contributed by atoms with Gasteiger partial charge in [-0.3, -0.25) is 4.79 Å². The van der Waals surface area contributed by atoms with Gasteiger partial charge in [-0.1, -0.05) is 0 Å². The summed E-state index contributed by atoms with van der Waals surface area (Å²) in [7, 11) is 1.34. The summed E-state index contributed by atoms with van der Waals surface area (Å²) in [4.78, 5) is 39.9. The second-order valence-corrected chi connectivity index (χ2v) is 7.75. The van der Waals surface area contributed by atoms with Gasteiger partial charge in [-0.05, 0) is 50.3 Å². The molecular weight excluding hydrogens is 388 g/mol. The van der Waals surface area contributed by atoms with Gasteiger partial charge in [-0.25, -0.2) is 9.59 Å². The quantitative estimate of drug-likeness (QED) is 0.717. The first-order valence-electron chi connectivity index (χ1n) is 10.3. The van der Waals surface area contributed by atoms with Crippen LogP contribution in [0.4, 0.5) is 4.79 Å². The first-order chi connectivity index (χ1) is 14.5. The van der Waals surface area contributed by atoms with E-state index in [1.165, 1.54) is 7.11 Å². The maximum Gasteiger partial charge on any atom is 0.409 e. The number of ether oxygens (including phenoxy) is 2. The Hall–Kier alpha value is -3.03. The van der Waals surface area contributed by atoms with Gasteiger partial charge in [-0.2, -0.15) is 0 Å². The van der Waals surface area contributed by atoms with Gasteiger partial charge in [0, 0.05) is 43.2 Å². The molecule has 1 unspecified atom stereocenters. The van der Waals surface area contributed by atoms with E-state index >= 15 is 0 Å². The maximum atomic E-state index is 12.8. The largest absolute Gasteiger partial charge is 0.481 e. The van der Waals surface area contributed by atoms with Gasteiger partial charge in [0.1, 0.15) is 11.3 Å². The normalized spacial score (nSPS) is 17.4. The molecule has 2 amide bonds. The Labute approximate surface area is 174 Å². The Bertz CT molecular complexity index is 1020. The summed E-state index contributed by atoms with van der Waals surface area (Å²) in [6.45, 7) is 3.41. The number of benzene rings is 1. The fourth-order valence-corrected chi connectivity index (χ4v) is 4.25. The third kappa shape index (κ3) is 3.86. The van der Waals surface area contributed by atoms with Crippen molar-refractivity contribution in [2.45, 2.75) is 38.7 Å². The standard InChI is InChI=1S/C22H26N2O6/c1-14(20(25)23-9-11-24(12-10-23)22(27)28-2)29-15-7-8-17-16-5-3-4-6-18(16)21(26)30-19(17)13-15/h7-8,13-14H,3-6,9-12H2,1-2H3. The lowest BCUT2D eigenvalue weighted by atomic mass is 9.91. The SMILES string of the molecule is COC(=O)N1CCN(C(=O)C(C)Oc2ccc3c4c(c(=O)oc3c2)CCCC4)CC1. The molecule has 1 aliphatic heterocycles. The highest BCUT2D eigenvalue weighted by Gasteiger charge is 2.28. The molecule has 4 rings (SSSR count). The first-order valence-corrected chi connectivity index (χ1v) is 10.3. The number of rotatable bonds is 3. The molecule has 0 bridgehead atoms. The van der Waals surface area contributed by atoms with Crippen molar-refractivity contribution < 1.29 is 23.5 Å². The minimum atomic E-state index is -0.698. The zero-order chi connectivity index (χ0) is 21.3. The lowest BCUT2D eigenvalue weighted by Crippen LogP contribution is -2.53. The van der Waals surface area contributed by atoms with Crippen molar-refractivity contribution in [3.63, 3.8) is 0 Å². The first kappa shape index (κ1) is 20.3. The number of nitrogens with zero attached hydrogens (tertiary/aromatic N) is 2. The molecule has 1 atom stereocenters. The van der Waals surface area contributed by atoms with E-state index < -0.39 is 6.10 Å². The molecule has 0 N–H and O–H groups in total. The van der Waals surface area contributed by atoms with Crippen molar-refractivity contribution in [1.29, 1.82) is 0 Å². The highest BCUT2D eigenvalue weighted by Crippen LogP contribution is 2.29. The molecule has 0 radical (unpaired) electrons. The van der Waals surface area contributed by atoms with Crippen LogP contribution >= 0.6 is 0 Å². The topological polar surface area (TPSA) is 89.3 Å². The van der Waals surface area contributed by atoms with Crippen LogP contribution in [0.15, 0.2) is 27.4 Å². The lowest BCUT2D eigenvalue weighted by molar-refractivity contribution is -0.139. The zero-order valence-electron chi connectivity index (χ0n) is 17.3. The van der Waals surface area contributed by atoms with Crippen molar-refractivity contribution in [2.24, 2.45) is 0 Å². The highest BCUT2D eigenvalue weighted by molar-refractivity contribution is 5.84. The van der Waals surface area contributed by atoms with Gasteiger partial charge in [0.05, 0.1) is 7.11 Å².